The van der Waals surface area contributed by atoms with E-state index in [1.54, 1.807) is 19.1 Å². The van der Waals surface area contributed by atoms with Crippen LogP contribution >= 0.6 is 0 Å². The minimum absolute atomic E-state index is 0.125. The lowest BCUT2D eigenvalue weighted by atomic mass is 9.82. The monoisotopic (exact) mass is 491 g/mol. The van der Waals surface area contributed by atoms with E-state index in [1.807, 2.05) is 18.2 Å². The van der Waals surface area contributed by atoms with Crippen LogP contribution in [0.25, 0.3) is 0 Å². The summed E-state index contributed by atoms with van der Waals surface area (Å²) in [6.07, 6.45) is 2.73. The Balaban J connectivity index is 1.60. The highest BCUT2D eigenvalue weighted by Gasteiger charge is 2.36. The van der Waals surface area contributed by atoms with Crippen LogP contribution in [0.2, 0.25) is 0 Å². The van der Waals surface area contributed by atoms with Crippen LogP contribution in [0.5, 0.6) is 0 Å². The molecule has 0 spiro atoms. The van der Waals surface area contributed by atoms with Gasteiger partial charge in [-0.3, -0.25) is 20.0 Å². The van der Waals surface area contributed by atoms with Crippen molar-refractivity contribution in [3.63, 3.8) is 0 Å². The van der Waals surface area contributed by atoms with Crippen LogP contribution in [0.1, 0.15) is 36.8 Å². The van der Waals surface area contributed by atoms with Crippen LogP contribution in [0.15, 0.2) is 82.4 Å². The van der Waals surface area contributed by atoms with Gasteiger partial charge >= 0.3 is 5.97 Å². The number of hydrogen-bond acceptors (Lipinski definition) is 8. The van der Waals surface area contributed by atoms with E-state index < -0.39 is 22.8 Å². The van der Waals surface area contributed by atoms with Crippen LogP contribution in [0.4, 0.5) is 5.69 Å². The first-order valence-electron chi connectivity index (χ1n) is 11.8. The number of nitrogens with zero attached hydrogens (tertiary/aromatic N) is 3. The number of aliphatic imine (C=N–C) groups is 1. The number of nitro benzene ring substituents is 1. The van der Waals surface area contributed by atoms with Gasteiger partial charge in [0.25, 0.3) is 11.6 Å². The number of carbonyl (C=O) groups is 1. The van der Waals surface area contributed by atoms with Gasteiger partial charge < -0.3 is 14.6 Å². The van der Waals surface area contributed by atoms with Crippen LogP contribution in [-0.2, 0) is 20.8 Å². The second-order valence-corrected chi connectivity index (χ2v) is 8.90. The smallest absolute Gasteiger partial charge is 0.337 e. The van der Waals surface area contributed by atoms with Crippen molar-refractivity contribution < 1.29 is 24.3 Å². The number of non-ortho nitro benzene ring substituents is 1. The highest BCUT2D eigenvalue weighted by atomic mass is 16.6. The molecule has 1 N–H and O–H groups in total. The van der Waals surface area contributed by atoms with Gasteiger partial charge in [-0.15, -0.1) is 0 Å². The Morgan fingerprint density at radius 1 is 1.22 bits per heavy atom. The Hall–Kier alpha value is -3.98. The molecule has 0 aliphatic carbocycles. The maximum atomic E-state index is 13.5. The van der Waals surface area contributed by atoms with E-state index in [-0.39, 0.29) is 22.9 Å². The van der Waals surface area contributed by atoms with Crippen molar-refractivity contribution in [2.24, 2.45) is 4.99 Å². The summed E-state index contributed by atoms with van der Waals surface area (Å²) >= 11 is 0. The van der Waals surface area contributed by atoms with Gasteiger partial charge in [-0.2, -0.15) is 0 Å². The highest BCUT2D eigenvalue weighted by molar-refractivity contribution is 5.98. The van der Waals surface area contributed by atoms with Crippen LogP contribution in [0, 0.1) is 10.1 Å². The van der Waals surface area contributed by atoms with Gasteiger partial charge in [-0.05, 0) is 37.4 Å². The van der Waals surface area contributed by atoms with Crippen LogP contribution in [0.3, 0.4) is 0 Å². The van der Waals surface area contributed by atoms with Crippen molar-refractivity contribution in [2.75, 3.05) is 20.2 Å². The van der Waals surface area contributed by atoms with Crippen molar-refractivity contribution in [3.05, 3.63) is 98.6 Å². The van der Waals surface area contributed by atoms with Gasteiger partial charge in [-0.25, -0.2) is 4.79 Å². The van der Waals surface area contributed by atoms with Crippen LogP contribution < -0.4 is 0 Å². The lowest BCUT2D eigenvalue weighted by Crippen LogP contribution is -2.40. The average molecular weight is 492 g/mol. The number of carbonyl (C=O) groups excluding carboxylic acids is 1. The first-order valence-corrected chi connectivity index (χ1v) is 11.8. The number of ether oxygens (including phenoxy) is 2. The Kier molecular flexibility index (Phi) is 7.80. The molecule has 0 amide bonds. The zero-order valence-corrected chi connectivity index (χ0v) is 20.3. The van der Waals surface area contributed by atoms with E-state index in [0.29, 0.717) is 17.8 Å². The fraction of sp³-hybridized carbons (Fsp3) is 0.333. The molecule has 9 nitrogen and oxygen atoms in total. The molecule has 0 radical (unpaired) electrons. The summed E-state index contributed by atoms with van der Waals surface area (Å²) in [5.41, 5.74) is 2.39. The number of benzene rings is 2. The predicted octanol–water partition coefficient (Wildman–Crippen LogP) is 4.66. The van der Waals surface area contributed by atoms with E-state index in [1.165, 1.54) is 31.0 Å². The van der Waals surface area contributed by atoms with E-state index >= 15 is 0 Å². The summed E-state index contributed by atoms with van der Waals surface area (Å²) in [4.78, 5) is 31.0. The number of esters is 1. The fourth-order valence-corrected chi connectivity index (χ4v) is 4.71. The van der Waals surface area contributed by atoms with Gasteiger partial charge in [0.15, 0.2) is 0 Å². The van der Waals surface area contributed by atoms with Crippen molar-refractivity contribution >= 4 is 17.9 Å². The molecule has 1 fully saturated rings. The fourth-order valence-electron chi connectivity index (χ4n) is 4.71. The summed E-state index contributed by atoms with van der Waals surface area (Å²) in [5, 5.41) is 21.8. The number of rotatable bonds is 7. The first-order chi connectivity index (χ1) is 17.4. The first kappa shape index (κ1) is 25.1. The molecule has 2 aromatic rings. The summed E-state index contributed by atoms with van der Waals surface area (Å²) in [6.45, 7) is 3.97. The van der Waals surface area contributed by atoms with E-state index in [0.717, 1.165) is 25.9 Å². The molecule has 2 atom stereocenters. The second kappa shape index (κ2) is 11.2. The quantitative estimate of drug-likeness (QED) is 0.259. The molecule has 9 heteroatoms. The Morgan fingerprint density at radius 2 is 2.00 bits per heavy atom. The summed E-state index contributed by atoms with van der Waals surface area (Å²) in [6, 6.07) is 16.1. The third-order valence-electron chi connectivity index (χ3n) is 6.45. The number of aliphatic hydroxyl groups excluding tert-OH is 1. The molecule has 0 saturated carbocycles. The zero-order chi connectivity index (χ0) is 25.7. The minimum atomic E-state index is -0.834. The summed E-state index contributed by atoms with van der Waals surface area (Å²) < 4.78 is 11.0. The molecule has 0 bridgehead atoms. The van der Waals surface area contributed by atoms with Gasteiger partial charge in [0.2, 0.25) is 0 Å². The molecule has 36 heavy (non-hydrogen) atoms. The summed E-state index contributed by atoms with van der Waals surface area (Å²) in [7, 11) is 1.30. The number of aliphatic hydroxyl groups is 1. The molecule has 2 aliphatic heterocycles. The largest absolute Gasteiger partial charge is 0.481 e. The maximum absolute atomic E-state index is 13.5. The van der Waals surface area contributed by atoms with Gasteiger partial charge in [0.05, 0.1) is 29.1 Å². The van der Waals surface area contributed by atoms with Crippen molar-refractivity contribution in [3.8, 4) is 0 Å². The molecule has 0 aromatic heterocycles. The number of piperidine rings is 1. The number of methoxy groups -OCH3 is 1. The Morgan fingerprint density at radius 3 is 2.72 bits per heavy atom. The van der Waals surface area contributed by atoms with Crippen molar-refractivity contribution in [1.82, 2.24) is 4.90 Å². The molecule has 4 rings (SSSR count). The van der Waals surface area contributed by atoms with E-state index in [9.17, 15) is 20.0 Å². The van der Waals surface area contributed by atoms with Gasteiger partial charge in [-0.1, -0.05) is 42.5 Å². The third kappa shape index (κ3) is 5.63. The molecule has 1 saturated heterocycles. The standard InChI is InChI=1S/C27H29N3O6/c1-18-24(27(32)36-22-12-7-13-29(17-22)16-19-8-4-3-5-9-19)25(23(15-28-18)26(31)35-2)20-10-6-11-21(14-20)30(33)34/h3-6,8-11,14-15,22,25,31H,7,12-13,16-17H2,1-2H3/b26-23+/t22-,25-/m1/s1. The molecule has 2 aliphatic rings. The topological polar surface area (TPSA) is 114 Å². The molecular weight excluding hydrogens is 462 g/mol. The third-order valence-corrected chi connectivity index (χ3v) is 6.45. The lowest BCUT2D eigenvalue weighted by molar-refractivity contribution is -0.384. The SMILES string of the molecule is CO/C(O)=C1\C=NC(C)=C(C(=O)O[C@@H]2CCCN(Cc3ccccc3)C2)[C@@H]1c1cccc([N+](=O)[O-])c1. The maximum Gasteiger partial charge on any atom is 0.337 e. The molecule has 0 unspecified atom stereocenters. The van der Waals surface area contributed by atoms with Gasteiger partial charge in [0.1, 0.15) is 6.10 Å². The van der Waals surface area contributed by atoms with Crippen molar-refractivity contribution in [2.45, 2.75) is 38.3 Å². The molecule has 2 heterocycles. The normalized spacial score (nSPS) is 21.7. The average Bonchev–Trinajstić information content (AvgIpc) is 2.88. The lowest BCUT2D eigenvalue weighted by Gasteiger charge is -2.33. The van der Waals surface area contributed by atoms with Crippen molar-refractivity contribution in [1.29, 1.82) is 0 Å². The van der Waals surface area contributed by atoms with E-state index in [4.69, 9.17) is 9.47 Å². The number of likely N-dealkylation sites (tertiary alicyclic amines) is 1. The Bertz CT molecular complexity index is 1220. The number of allylic oxidation sites excluding steroid dienone is 2. The van der Waals surface area contributed by atoms with Crippen LogP contribution in [-0.4, -0.2) is 53.4 Å². The predicted molar refractivity (Wildman–Crippen MR) is 135 cm³/mol. The zero-order valence-electron chi connectivity index (χ0n) is 20.3. The Labute approximate surface area is 209 Å². The van der Waals surface area contributed by atoms with Gasteiger partial charge in [0, 0.05) is 37.1 Å². The minimum Gasteiger partial charge on any atom is -0.481 e. The number of nitro groups is 1. The molecule has 188 valence electrons. The molecular formula is C27H29N3O6. The second-order valence-electron chi connectivity index (χ2n) is 8.90. The number of hydrogen-bond donors (Lipinski definition) is 1. The van der Waals surface area contributed by atoms with E-state index in [2.05, 4.69) is 22.0 Å². The summed E-state index contributed by atoms with van der Waals surface area (Å²) in [5.74, 6) is -1.81. The molecule has 2 aromatic carbocycles. The highest BCUT2D eigenvalue weighted by Crippen LogP contribution is 2.39.